The first kappa shape index (κ1) is 13.9. The summed E-state index contributed by atoms with van der Waals surface area (Å²) < 4.78 is 3.08. The molecular weight excluding hydrogens is 359 g/mol. The lowest BCUT2D eigenvalue weighted by Gasteiger charge is -2.11. The number of aromatic nitrogens is 2. The van der Waals surface area contributed by atoms with Gasteiger partial charge in [-0.3, -0.25) is 4.57 Å². The lowest BCUT2D eigenvalue weighted by atomic mass is 10.2. The van der Waals surface area contributed by atoms with E-state index in [9.17, 15) is 0 Å². The van der Waals surface area contributed by atoms with Gasteiger partial charge in [-0.05, 0) is 43.3 Å². The van der Waals surface area contributed by atoms with Gasteiger partial charge in [-0.1, -0.05) is 33.6 Å². The molecule has 3 rings (SSSR count). The van der Waals surface area contributed by atoms with Crippen molar-refractivity contribution in [1.82, 2.24) is 9.55 Å². The lowest BCUT2D eigenvalue weighted by molar-refractivity contribution is 0.882. The maximum absolute atomic E-state index is 6.28. The summed E-state index contributed by atoms with van der Waals surface area (Å²) in [6.45, 7) is 1.92. The molecule has 0 bridgehead atoms. The van der Waals surface area contributed by atoms with Crippen LogP contribution >= 0.6 is 39.1 Å². The third-order valence-electron chi connectivity index (χ3n) is 3.06. The first-order chi connectivity index (χ1) is 9.56. The number of halogens is 3. The Morgan fingerprint density at radius 2 is 2.00 bits per heavy atom. The molecular formula is C15H11BrCl2N2. The average molecular weight is 370 g/mol. The van der Waals surface area contributed by atoms with E-state index < -0.39 is 0 Å². The van der Waals surface area contributed by atoms with Crippen LogP contribution in [0.3, 0.4) is 0 Å². The quantitative estimate of drug-likeness (QED) is 0.526. The molecule has 2 nitrogen and oxygen atoms in total. The first-order valence-electron chi connectivity index (χ1n) is 6.14. The molecule has 1 unspecified atom stereocenters. The molecule has 1 atom stereocenters. The highest BCUT2D eigenvalue weighted by Gasteiger charge is 2.16. The van der Waals surface area contributed by atoms with E-state index in [1.807, 2.05) is 49.4 Å². The number of nitrogens with zero attached hydrogens (tertiary/aromatic N) is 2. The van der Waals surface area contributed by atoms with Gasteiger partial charge in [-0.25, -0.2) is 4.98 Å². The highest BCUT2D eigenvalue weighted by molar-refractivity contribution is 9.10. The van der Waals surface area contributed by atoms with Crippen molar-refractivity contribution >= 4 is 50.2 Å². The molecule has 0 N–H and O–H groups in total. The zero-order valence-electron chi connectivity index (χ0n) is 10.6. The van der Waals surface area contributed by atoms with Crippen LogP contribution in [-0.2, 0) is 0 Å². The van der Waals surface area contributed by atoms with Gasteiger partial charge in [-0.15, -0.1) is 11.6 Å². The maximum atomic E-state index is 6.28. The van der Waals surface area contributed by atoms with E-state index in [0.717, 1.165) is 27.0 Å². The smallest absolute Gasteiger partial charge is 0.132 e. The summed E-state index contributed by atoms with van der Waals surface area (Å²) in [5.41, 5.74) is 2.86. The predicted octanol–water partition coefficient (Wildman–Crippen LogP) is 5.74. The predicted molar refractivity (Wildman–Crippen MR) is 88.0 cm³/mol. The molecule has 0 fully saturated rings. The monoisotopic (exact) mass is 368 g/mol. The van der Waals surface area contributed by atoms with Gasteiger partial charge >= 0.3 is 0 Å². The molecule has 0 saturated heterocycles. The van der Waals surface area contributed by atoms with E-state index in [2.05, 4.69) is 25.5 Å². The lowest BCUT2D eigenvalue weighted by Crippen LogP contribution is -2.01. The van der Waals surface area contributed by atoms with Gasteiger partial charge < -0.3 is 0 Å². The standard InChI is InChI=1S/C15H11BrCl2N2/c1-9(17)15-19-13-8-11(18)5-6-14(13)20(15)12-4-2-3-10(16)7-12/h2-9H,1H3. The first-order valence-corrected chi connectivity index (χ1v) is 7.75. The molecule has 5 heteroatoms. The van der Waals surface area contributed by atoms with Crippen molar-refractivity contribution in [2.75, 3.05) is 0 Å². The van der Waals surface area contributed by atoms with Crippen molar-refractivity contribution < 1.29 is 0 Å². The van der Waals surface area contributed by atoms with Gasteiger partial charge in [0.15, 0.2) is 0 Å². The summed E-state index contributed by atoms with van der Waals surface area (Å²) in [6, 6.07) is 13.7. The molecule has 0 aliphatic carbocycles. The van der Waals surface area contributed by atoms with E-state index in [-0.39, 0.29) is 5.38 Å². The van der Waals surface area contributed by atoms with Crippen molar-refractivity contribution in [2.45, 2.75) is 12.3 Å². The van der Waals surface area contributed by atoms with Crippen LogP contribution in [0.25, 0.3) is 16.7 Å². The third kappa shape index (κ3) is 2.46. The number of hydrogen-bond acceptors (Lipinski definition) is 1. The summed E-state index contributed by atoms with van der Waals surface area (Å²) in [6.07, 6.45) is 0. The Hall–Kier alpha value is -1.03. The van der Waals surface area contributed by atoms with Crippen LogP contribution in [-0.4, -0.2) is 9.55 Å². The normalized spacial score (nSPS) is 12.8. The summed E-state index contributed by atoms with van der Waals surface area (Å²) in [5, 5.41) is 0.477. The number of alkyl halides is 1. The van der Waals surface area contributed by atoms with Crippen LogP contribution in [0.1, 0.15) is 18.1 Å². The third-order valence-corrected chi connectivity index (χ3v) is 3.99. The Kier molecular flexibility index (Phi) is 3.76. The number of benzene rings is 2. The Morgan fingerprint density at radius 1 is 1.20 bits per heavy atom. The zero-order valence-corrected chi connectivity index (χ0v) is 13.7. The fourth-order valence-corrected chi connectivity index (χ4v) is 2.93. The van der Waals surface area contributed by atoms with Crippen molar-refractivity contribution in [2.24, 2.45) is 0 Å². The van der Waals surface area contributed by atoms with Gasteiger partial charge in [0.25, 0.3) is 0 Å². The van der Waals surface area contributed by atoms with Crippen LogP contribution in [0.2, 0.25) is 5.02 Å². The number of hydrogen-bond donors (Lipinski definition) is 0. The second kappa shape index (κ2) is 5.40. The second-order valence-corrected chi connectivity index (χ2v) is 6.54. The van der Waals surface area contributed by atoms with E-state index in [4.69, 9.17) is 23.2 Å². The van der Waals surface area contributed by atoms with E-state index in [1.165, 1.54) is 0 Å². The molecule has 2 aromatic carbocycles. The van der Waals surface area contributed by atoms with Crippen LogP contribution in [0.4, 0.5) is 0 Å². The maximum Gasteiger partial charge on any atom is 0.132 e. The van der Waals surface area contributed by atoms with Crippen molar-refractivity contribution in [3.8, 4) is 5.69 Å². The Balaban J connectivity index is 2.34. The SMILES string of the molecule is CC(Cl)c1nc2cc(Cl)ccc2n1-c1cccc(Br)c1. The average Bonchev–Trinajstić information content (AvgIpc) is 2.77. The Labute approximate surface area is 135 Å². The molecule has 102 valence electrons. The molecule has 20 heavy (non-hydrogen) atoms. The van der Waals surface area contributed by atoms with Crippen LogP contribution in [0, 0.1) is 0 Å². The Morgan fingerprint density at radius 3 is 2.70 bits per heavy atom. The van der Waals surface area contributed by atoms with Crippen molar-refractivity contribution in [1.29, 1.82) is 0 Å². The van der Waals surface area contributed by atoms with Gasteiger partial charge in [0.1, 0.15) is 5.82 Å². The summed E-state index contributed by atoms with van der Waals surface area (Å²) in [4.78, 5) is 4.61. The van der Waals surface area contributed by atoms with E-state index in [0.29, 0.717) is 5.02 Å². The minimum absolute atomic E-state index is 0.194. The summed E-state index contributed by atoms with van der Waals surface area (Å²) >= 11 is 15.8. The van der Waals surface area contributed by atoms with Crippen molar-refractivity contribution in [3.63, 3.8) is 0 Å². The Bertz CT molecular complexity index is 781. The topological polar surface area (TPSA) is 17.8 Å². The highest BCUT2D eigenvalue weighted by Crippen LogP contribution is 2.30. The highest BCUT2D eigenvalue weighted by atomic mass is 79.9. The van der Waals surface area contributed by atoms with Crippen LogP contribution < -0.4 is 0 Å². The van der Waals surface area contributed by atoms with E-state index >= 15 is 0 Å². The molecule has 0 aliphatic rings. The van der Waals surface area contributed by atoms with Gasteiger partial charge in [0.05, 0.1) is 16.4 Å². The minimum Gasteiger partial charge on any atom is -0.295 e. The molecule has 0 saturated carbocycles. The summed E-state index contributed by atoms with van der Waals surface area (Å²) in [5.74, 6) is 0.807. The van der Waals surface area contributed by atoms with Crippen LogP contribution in [0.5, 0.6) is 0 Å². The fourth-order valence-electron chi connectivity index (χ4n) is 2.23. The van der Waals surface area contributed by atoms with Gasteiger partial charge in [-0.2, -0.15) is 0 Å². The molecule has 0 amide bonds. The van der Waals surface area contributed by atoms with Gasteiger partial charge in [0, 0.05) is 15.2 Å². The fraction of sp³-hybridized carbons (Fsp3) is 0.133. The second-order valence-electron chi connectivity index (χ2n) is 4.53. The molecule has 3 aromatic rings. The van der Waals surface area contributed by atoms with Crippen molar-refractivity contribution in [3.05, 3.63) is 57.8 Å². The molecule has 0 spiro atoms. The van der Waals surface area contributed by atoms with E-state index in [1.54, 1.807) is 0 Å². The number of rotatable bonds is 2. The molecule has 1 aromatic heterocycles. The zero-order chi connectivity index (χ0) is 14.3. The molecule has 0 aliphatic heterocycles. The minimum atomic E-state index is -0.194. The molecule has 1 heterocycles. The molecule has 0 radical (unpaired) electrons. The largest absolute Gasteiger partial charge is 0.295 e. The van der Waals surface area contributed by atoms with Gasteiger partial charge in [0.2, 0.25) is 0 Å². The number of fused-ring (bicyclic) bond motifs is 1. The summed E-state index contributed by atoms with van der Waals surface area (Å²) in [7, 11) is 0. The van der Waals surface area contributed by atoms with Crippen LogP contribution in [0.15, 0.2) is 46.9 Å². The number of imidazole rings is 1.